The highest BCUT2D eigenvalue weighted by Gasteiger charge is 2.33. The molecule has 3 rings (SSSR count). The average molecular weight is 398 g/mol. The number of carbonyl (C=O) groups is 1. The lowest BCUT2D eigenvalue weighted by Crippen LogP contribution is -2.34. The molecular formula is C21H22N2O4S. The van der Waals surface area contributed by atoms with Crippen molar-refractivity contribution in [2.75, 3.05) is 11.9 Å². The first kappa shape index (κ1) is 19.7. The fourth-order valence-electron chi connectivity index (χ4n) is 2.89. The fourth-order valence-corrected chi connectivity index (χ4v) is 4.80. The van der Waals surface area contributed by atoms with E-state index >= 15 is 0 Å². The zero-order valence-electron chi connectivity index (χ0n) is 15.7. The van der Waals surface area contributed by atoms with Crippen molar-refractivity contribution in [3.8, 4) is 0 Å². The van der Waals surface area contributed by atoms with E-state index in [0.717, 1.165) is 5.56 Å². The van der Waals surface area contributed by atoms with Gasteiger partial charge >= 0.3 is 6.03 Å². The molecule has 0 fully saturated rings. The minimum absolute atomic E-state index is 0.123. The lowest BCUT2D eigenvalue weighted by atomic mass is 10.2. The lowest BCUT2D eigenvalue weighted by molar-refractivity contribution is 0.252. The molecule has 0 aliphatic rings. The van der Waals surface area contributed by atoms with Gasteiger partial charge in [0.1, 0.15) is 11.0 Å². The standard InChI is InChI=1S/C21H22N2O4S/c1-15-10-11-16(2)19(13-15)28(25,26)20(18-9-6-12-27-18)14-22-21(24)23-17-7-4-3-5-8-17/h3-13,20H,14H2,1-2H3,(H2,22,23,24)/t20-/m1/s1. The first-order chi connectivity index (χ1) is 13.4. The Morgan fingerprint density at radius 3 is 2.46 bits per heavy atom. The summed E-state index contributed by atoms with van der Waals surface area (Å²) in [6.45, 7) is 3.47. The van der Waals surface area contributed by atoms with Crippen LogP contribution in [0, 0.1) is 13.8 Å². The van der Waals surface area contributed by atoms with E-state index in [4.69, 9.17) is 4.42 Å². The molecule has 0 saturated carbocycles. The van der Waals surface area contributed by atoms with Crippen molar-refractivity contribution in [2.24, 2.45) is 0 Å². The number of amides is 2. The summed E-state index contributed by atoms with van der Waals surface area (Å²) in [7, 11) is -3.78. The molecule has 146 valence electrons. The van der Waals surface area contributed by atoms with Crippen LogP contribution in [0.5, 0.6) is 0 Å². The van der Waals surface area contributed by atoms with E-state index in [-0.39, 0.29) is 17.2 Å². The summed E-state index contributed by atoms with van der Waals surface area (Å²) in [5, 5.41) is 4.28. The summed E-state index contributed by atoms with van der Waals surface area (Å²) in [5.74, 6) is 0.279. The minimum atomic E-state index is -3.78. The second kappa shape index (κ2) is 8.31. The summed E-state index contributed by atoms with van der Waals surface area (Å²) in [6, 6.07) is 17.0. The first-order valence-corrected chi connectivity index (χ1v) is 10.4. The molecule has 28 heavy (non-hydrogen) atoms. The Hall–Kier alpha value is -3.06. The van der Waals surface area contributed by atoms with E-state index in [1.54, 1.807) is 55.5 Å². The van der Waals surface area contributed by atoms with Gasteiger partial charge in [-0.1, -0.05) is 30.3 Å². The van der Waals surface area contributed by atoms with Gasteiger partial charge in [0, 0.05) is 12.2 Å². The van der Waals surface area contributed by atoms with Crippen LogP contribution in [0.2, 0.25) is 0 Å². The van der Waals surface area contributed by atoms with Gasteiger partial charge in [0.25, 0.3) is 0 Å². The van der Waals surface area contributed by atoms with Crippen molar-refractivity contribution in [1.82, 2.24) is 5.32 Å². The second-order valence-electron chi connectivity index (χ2n) is 6.52. The third kappa shape index (κ3) is 4.43. The molecule has 2 amide bonds. The molecule has 0 saturated heterocycles. The van der Waals surface area contributed by atoms with Gasteiger partial charge in [0.15, 0.2) is 9.84 Å². The van der Waals surface area contributed by atoms with Crippen LogP contribution in [0.3, 0.4) is 0 Å². The van der Waals surface area contributed by atoms with Gasteiger partial charge in [-0.3, -0.25) is 0 Å². The lowest BCUT2D eigenvalue weighted by Gasteiger charge is -2.18. The van der Waals surface area contributed by atoms with Gasteiger partial charge in [-0.25, -0.2) is 13.2 Å². The van der Waals surface area contributed by atoms with Crippen LogP contribution in [-0.4, -0.2) is 21.0 Å². The highest BCUT2D eigenvalue weighted by molar-refractivity contribution is 7.91. The van der Waals surface area contributed by atoms with Crippen molar-refractivity contribution in [1.29, 1.82) is 0 Å². The largest absolute Gasteiger partial charge is 0.468 e. The van der Waals surface area contributed by atoms with E-state index in [1.165, 1.54) is 6.26 Å². The Morgan fingerprint density at radius 1 is 1.04 bits per heavy atom. The normalized spacial score (nSPS) is 12.4. The Kier molecular flexibility index (Phi) is 5.84. The quantitative estimate of drug-likeness (QED) is 0.650. The molecule has 3 aromatic rings. The van der Waals surface area contributed by atoms with E-state index in [1.807, 2.05) is 19.1 Å². The number of furan rings is 1. The van der Waals surface area contributed by atoms with E-state index in [9.17, 15) is 13.2 Å². The predicted molar refractivity (Wildman–Crippen MR) is 108 cm³/mol. The molecule has 2 N–H and O–H groups in total. The molecule has 0 radical (unpaired) electrons. The number of urea groups is 1. The van der Waals surface area contributed by atoms with Crippen LogP contribution in [0.15, 0.2) is 76.2 Å². The van der Waals surface area contributed by atoms with Crippen molar-refractivity contribution < 1.29 is 17.6 Å². The van der Waals surface area contributed by atoms with E-state index in [2.05, 4.69) is 10.6 Å². The van der Waals surface area contributed by atoms with Crippen LogP contribution < -0.4 is 10.6 Å². The van der Waals surface area contributed by atoms with Crippen molar-refractivity contribution in [2.45, 2.75) is 24.0 Å². The van der Waals surface area contributed by atoms with E-state index in [0.29, 0.717) is 11.3 Å². The number of anilines is 1. The maximum Gasteiger partial charge on any atom is 0.319 e. The Bertz CT molecular complexity index is 1050. The molecular weight excluding hydrogens is 376 g/mol. The van der Waals surface area contributed by atoms with Crippen LogP contribution in [0.4, 0.5) is 10.5 Å². The zero-order valence-corrected chi connectivity index (χ0v) is 16.5. The van der Waals surface area contributed by atoms with Gasteiger partial charge in [0.2, 0.25) is 0 Å². The second-order valence-corrected chi connectivity index (χ2v) is 8.62. The molecule has 0 unspecified atom stereocenters. The Morgan fingerprint density at radius 2 is 1.79 bits per heavy atom. The number of aryl methyl sites for hydroxylation is 2. The third-order valence-electron chi connectivity index (χ3n) is 4.36. The molecule has 6 nitrogen and oxygen atoms in total. The number of hydrogen-bond acceptors (Lipinski definition) is 4. The number of benzene rings is 2. The van der Waals surface area contributed by atoms with Gasteiger partial charge < -0.3 is 15.1 Å². The highest BCUT2D eigenvalue weighted by Crippen LogP contribution is 2.31. The molecule has 0 aliphatic carbocycles. The topological polar surface area (TPSA) is 88.4 Å². The predicted octanol–water partition coefficient (Wildman–Crippen LogP) is 4.23. The average Bonchev–Trinajstić information content (AvgIpc) is 3.18. The molecule has 2 aromatic carbocycles. The van der Waals surface area contributed by atoms with E-state index < -0.39 is 21.1 Å². The molecule has 0 aliphatic heterocycles. The fraction of sp³-hybridized carbons (Fsp3) is 0.190. The monoisotopic (exact) mass is 398 g/mol. The molecule has 1 heterocycles. The zero-order chi connectivity index (χ0) is 20.1. The van der Waals surface area contributed by atoms with Crippen molar-refractivity contribution in [3.05, 3.63) is 83.8 Å². The third-order valence-corrected chi connectivity index (χ3v) is 6.57. The van der Waals surface area contributed by atoms with Crippen LogP contribution in [0.25, 0.3) is 0 Å². The summed E-state index contributed by atoms with van der Waals surface area (Å²) in [5.41, 5.74) is 2.11. The molecule has 7 heteroatoms. The maximum atomic E-state index is 13.3. The highest BCUT2D eigenvalue weighted by atomic mass is 32.2. The minimum Gasteiger partial charge on any atom is -0.468 e. The first-order valence-electron chi connectivity index (χ1n) is 8.82. The summed E-state index contributed by atoms with van der Waals surface area (Å²) in [4.78, 5) is 12.5. The van der Waals surface area contributed by atoms with Gasteiger partial charge in [0.05, 0.1) is 11.2 Å². The molecule has 1 aromatic heterocycles. The van der Waals surface area contributed by atoms with Crippen LogP contribution in [-0.2, 0) is 9.84 Å². The van der Waals surface area contributed by atoms with Gasteiger partial charge in [-0.05, 0) is 55.3 Å². The van der Waals surface area contributed by atoms with Crippen LogP contribution >= 0.6 is 0 Å². The smallest absolute Gasteiger partial charge is 0.319 e. The molecule has 1 atom stereocenters. The number of rotatable bonds is 6. The van der Waals surface area contributed by atoms with Crippen molar-refractivity contribution >= 4 is 21.6 Å². The number of carbonyl (C=O) groups excluding carboxylic acids is 1. The number of hydrogen-bond donors (Lipinski definition) is 2. The maximum absolute atomic E-state index is 13.3. The number of sulfone groups is 1. The molecule has 0 spiro atoms. The Balaban J connectivity index is 1.84. The summed E-state index contributed by atoms with van der Waals surface area (Å²) in [6.07, 6.45) is 1.42. The summed E-state index contributed by atoms with van der Waals surface area (Å²) >= 11 is 0. The number of para-hydroxylation sites is 1. The number of nitrogens with one attached hydrogen (secondary N) is 2. The Labute approximate surface area is 164 Å². The van der Waals surface area contributed by atoms with Crippen molar-refractivity contribution in [3.63, 3.8) is 0 Å². The summed E-state index contributed by atoms with van der Waals surface area (Å²) < 4.78 is 32.1. The SMILES string of the molecule is Cc1ccc(C)c(S(=O)(=O)[C@H](CNC(=O)Nc2ccccc2)c2ccco2)c1. The van der Waals surface area contributed by atoms with Gasteiger partial charge in [-0.15, -0.1) is 0 Å². The van der Waals surface area contributed by atoms with Crippen LogP contribution in [0.1, 0.15) is 22.1 Å². The van der Waals surface area contributed by atoms with Gasteiger partial charge in [-0.2, -0.15) is 0 Å². The molecule has 0 bridgehead atoms.